The van der Waals surface area contributed by atoms with Crippen LogP contribution in [0.2, 0.25) is 0 Å². The van der Waals surface area contributed by atoms with Gasteiger partial charge in [-0.15, -0.1) is 24.0 Å². The quantitative estimate of drug-likeness (QED) is 0.237. The molecule has 2 N–H and O–H groups in total. The lowest BCUT2D eigenvalue weighted by Crippen LogP contribution is -2.48. The lowest BCUT2D eigenvalue weighted by Gasteiger charge is -2.33. The van der Waals surface area contributed by atoms with Crippen molar-refractivity contribution in [3.63, 3.8) is 0 Å². The summed E-state index contributed by atoms with van der Waals surface area (Å²) in [5.41, 5.74) is 2.37. The number of piperidine rings is 1. The van der Waals surface area contributed by atoms with Crippen LogP contribution < -0.4 is 15.4 Å². The fraction of sp³-hybridized carbons (Fsp3) is 0.308. The minimum atomic E-state index is -0.339. The molecule has 0 saturated carbocycles. The average molecular weight is 575 g/mol. The van der Waals surface area contributed by atoms with E-state index in [9.17, 15) is 4.39 Å². The molecule has 1 fully saturated rings. The first-order chi connectivity index (χ1) is 16.2. The molecular weight excluding hydrogens is 544 g/mol. The van der Waals surface area contributed by atoms with E-state index in [2.05, 4.69) is 55.8 Å². The molecule has 8 heteroatoms. The first-order valence-electron chi connectivity index (χ1n) is 11.3. The third kappa shape index (κ3) is 7.95. The summed E-state index contributed by atoms with van der Waals surface area (Å²) in [4.78, 5) is 11.2. The van der Waals surface area contributed by atoms with Crippen molar-refractivity contribution in [2.24, 2.45) is 4.99 Å². The molecule has 1 saturated heterocycles. The molecule has 0 aliphatic carbocycles. The maximum absolute atomic E-state index is 13.3. The second kappa shape index (κ2) is 13.2. The Bertz CT molecular complexity index is 1040. The van der Waals surface area contributed by atoms with Gasteiger partial charge in [0.1, 0.15) is 11.6 Å². The average Bonchev–Trinajstić information content (AvgIpc) is 2.84. The van der Waals surface area contributed by atoms with E-state index in [4.69, 9.17) is 4.74 Å². The van der Waals surface area contributed by atoms with Gasteiger partial charge in [-0.2, -0.15) is 0 Å². The van der Waals surface area contributed by atoms with Gasteiger partial charge in [0, 0.05) is 57.6 Å². The lowest BCUT2D eigenvalue weighted by molar-refractivity contribution is 0.198. The zero-order valence-electron chi connectivity index (χ0n) is 19.3. The highest BCUT2D eigenvalue weighted by atomic mass is 127. The first-order valence-corrected chi connectivity index (χ1v) is 11.3. The monoisotopic (exact) mass is 575 g/mol. The van der Waals surface area contributed by atoms with Gasteiger partial charge in [-0.3, -0.25) is 9.89 Å². The van der Waals surface area contributed by atoms with Crippen molar-refractivity contribution in [1.82, 2.24) is 20.5 Å². The molecule has 6 nitrogen and oxygen atoms in total. The Morgan fingerprint density at radius 1 is 1.06 bits per heavy atom. The van der Waals surface area contributed by atoms with Crippen LogP contribution in [0.5, 0.6) is 11.6 Å². The van der Waals surface area contributed by atoms with Gasteiger partial charge in [0.25, 0.3) is 0 Å². The molecule has 1 aliphatic heterocycles. The van der Waals surface area contributed by atoms with Crippen molar-refractivity contribution in [3.8, 4) is 11.6 Å². The van der Waals surface area contributed by atoms with E-state index in [0.29, 0.717) is 24.2 Å². The summed E-state index contributed by atoms with van der Waals surface area (Å²) in [6.07, 6.45) is 3.92. The van der Waals surface area contributed by atoms with Crippen LogP contribution in [0.3, 0.4) is 0 Å². The number of pyridine rings is 1. The van der Waals surface area contributed by atoms with Crippen molar-refractivity contribution >= 4 is 29.9 Å². The number of benzene rings is 2. The van der Waals surface area contributed by atoms with Gasteiger partial charge in [-0.05, 0) is 36.1 Å². The van der Waals surface area contributed by atoms with Crippen molar-refractivity contribution in [1.29, 1.82) is 0 Å². The largest absolute Gasteiger partial charge is 0.439 e. The second-order valence-electron chi connectivity index (χ2n) is 8.17. The van der Waals surface area contributed by atoms with Crippen molar-refractivity contribution in [2.75, 3.05) is 20.1 Å². The standard InChI is InChI=1S/C26H30FN5O.HI/c1-28-26(31-23-12-14-32(15-13-23)19-20-6-3-2-4-7-20)30-18-21-10-11-25(29-17-21)33-24-9-5-8-22(27)16-24;/h2-11,16-17,23H,12-15,18-19H2,1H3,(H2,28,30,31);1H. The van der Waals surface area contributed by atoms with E-state index in [1.165, 1.54) is 17.7 Å². The Morgan fingerprint density at radius 3 is 2.53 bits per heavy atom. The minimum absolute atomic E-state index is 0. The molecule has 0 bridgehead atoms. The number of halogens is 2. The number of likely N-dealkylation sites (tertiary alicyclic amines) is 1. The van der Waals surface area contributed by atoms with E-state index >= 15 is 0 Å². The van der Waals surface area contributed by atoms with E-state index < -0.39 is 0 Å². The summed E-state index contributed by atoms with van der Waals surface area (Å²) < 4.78 is 18.9. The van der Waals surface area contributed by atoms with Crippen LogP contribution in [-0.2, 0) is 13.1 Å². The van der Waals surface area contributed by atoms with E-state index in [1.54, 1.807) is 31.4 Å². The summed E-state index contributed by atoms with van der Waals surface area (Å²) in [6, 6.07) is 20.8. The SMILES string of the molecule is CN=C(NCc1ccc(Oc2cccc(F)c2)nc1)NC1CCN(Cc2ccccc2)CC1.I. The predicted octanol–water partition coefficient (Wildman–Crippen LogP) is 4.96. The molecule has 0 spiro atoms. The smallest absolute Gasteiger partial charge is 0.219 e. The summed E-state index contributed by atoms with van der Waals surface area (Å²) in [6.45, 7) is 3.74. The van der Waals surface area contributed by atoms with Crippen LogP contribution in [0.15, 0.2) is 77.9 Å². The molecule has 1 aliphatic rings. The maximum atomic E-state index is 13.3. The molecule has 3 aromatic rings. The van der Waals surface area contributed by atoms with E-state index in [1.807, 2.05) is 6.07 Å². The summed E-state index contributed by atoms with van der Waals surface area (Å²) in [5, 5.41) is 6.90. The number of rotatable bonds is 7. The highest BCUT2D eigenvalue weighted by Gasteiger charge is 2.20. The number of aromatic nitrogens is 1. The maximum Gasteiger partial charge on any atom is 0.219 e. The summed E-state index contributed by atoms with van der Waals surface area (Å²) in [5.74, 6) is 1.30. The number of nitrogens with zero attached hydrogens (tertiary/aromatic N) is 3. The van der Waals surface area contributed by atoms with Crippen LogP contribution in [0.1, 0.15) is 24.0 Å². The van der Waals surface area contributed by atoms with Gasteiger partial charge in [-0.1, -0.05) is 42.5 Å². The number of hydrogen-bond acceptors (Lipinski definition) is 4. The van der Waals surface area contributed by atoms with Crippen LogP contribution in [0.4, 0.5) is 4.39 Å². The second-order valence-corrected chi connectivity index (χ2v) is 8.17. The van der Waals surface area contributed by atoms with E-state index in [0.717, 1.165) is 44.0 Å². The van der Waals surface area contributed by atoms with Gasteiger partial charge in [-0.25, -0.2) is 9.37 Å². The molecule has 0 amide bonds. The zero-order valence-corrected chi connectivity index (χ0v) is 21.6. The highest BCUT2D eigenvalue weighted by Crippen LogP contribution is 2.20. The number of nitrogens with one attached hydrogen (secondary N) is 2. The first kappa shape index (κ1) is 25.9. The van der Waals surface area contributed by atoms with Gasteiger partial charge >= 0.3 is 0 Å². The minimum Gasteiger partial charge on any atom is -0.439 e. The molecule has 4 rings (SSSR count). The van der Waals surface area contributed by atoms with Gasteiger partial charge in [0.15, 0.2) is 5.96 Å². The lowest BCUT2D eigenvalue weighted by atomic mass is 10.0. The molecule has 2 heterocycles. The predicted molar refractivity (Wildman–Crippen MR) is 144 cm³/mol. The van der Waals surface area contributed by atoms with Crippen molar-refractivity contribution in [3.05, 3.63) is 89.9 Å². The molecule has 180 valence electrons. The normalized spacial score (nSPS) is 14.8. The number of ether oxygens (including phenoxy) is 1. The van der Waals surface area contributed by atoms with Crippen LogP contribution >= 0.6 is 24.0 Å². The van der Waals surface area contributed by atoms with Crippen LogP contribution in [0, 0.1) is 5.82 Å². The topological polar surface area (TPSA) is 61.8 Å². The molecule has 0 radical (unpaired) electrons. The fourth-order valence-electron chi connectivity index (χ4n) is 3.88. The fourth-order valence-corrected chi connectivity index (χ4v) is 3.88. The third-order valence-corrected chi connectivity index (χ3v) is 5.68. The highest BCUT2D eigenvalue weighted by molar-refractivity contribution is 14.0. The molecule has 0 unspecified atom stereocenters. The summed E-state index contributed by atoms with van der Waals surface area (Å²) in [7, 11) is 1.79. The van der Waals surface area contributed by atoms with Crippen LogP contribution in [0.25, 0.3) is 0 Å². The van der Waals surface area contributed by atoms with E-state index in [-0.39, 0.29) is 29.8 Å². The number of guanidine groups is 1. The Kier molecular flexibility index (Phi) is 10.1. The Balaban J connectivity index is 0.00000324. The molecular formula is C26H31FIN5O. The molecule has 0 atom stereocenters. The van der Waals surface area contributed by atoms with Gasteiger partial charge < -0.3 is 15.4 Å². The number of hydrogen-bond donors (Lipinski definition) is 2. The number of aliphatic imine (C=N–C) groups is 1. The molecule has 1 aromatic heterocycles. The Morgan fingerprint density at radius 2 is 1.85 bits per heavy atom. The zero-order chi connectivity index (χ0) is 22.9. The summed E-state index contributed by atoms with van der Waals surface area (Å²) >= 11 is 0. The Labute approximate surface area is 217 Å². The third-order valence-electron chi connectivity index (χ3n) is 5.68. The van der Waals surface area contributed by atoms with Gasteiger partial charge in [0.2, 0.25) is 5.88 Å². The van der Waals surface area contributed by atoms with Gasteiger partial charge in [0.05, 0.1) is 0 Å². The van der Waals surface area contributed by atoms with Crippen molar-refractivity contribution in [2.45, 2.75) is 32.0 Å². The Hall–Kier alpha value is -2.72. The molecule has 2 aromatic carbocycles. The van der Waals surface area contributed by atoms with Crippen molar-refractivity contribution < 1.29 is 9.13 Å². The van der Waals surface area contributed by atoms with Crippen LogP contribution in [-0.4, -0.2) is 42.0 Å². The molecule has 34 heavy (non-hydrogen) atoms.